The molecule has 7 heteroatoms. The minimum atomic E-state index is -0.589. The molecule has 0 aliphatic carbocycles. The van der Waals surface area contributed by atoms with Crippen LogP contribution in [0, 0.1) is 11.3 Å². The number of aliphatic imine (C=N–C) groups is 1. The predicted octanol–water partition coefficient (Wildman–Crippen LogP) is 7.28. The average Bonchev–Trinajstić information content (AvgIpc) is 3.07. The van der Waals surface area contributed by atoms with Crippen LogP contribution in [0.1, 0.15) is 113 Å². The van der Waals surface area contributed by atoms with E-state index < -0.39 is 6.04 Å². The van der Waals surface area contributed by atoms with Crippen molar-refractivity contribution in [2.24, 2.45) is 16.3 Å². The number of hydrogen-bond acceptors (Lipinski definition) is 6. The van der Waals surface area contributed by atoms with E-state index in [9.17, 15) is 14.7 Å². The maximum Gasteiger partial charge on any atom is 0.266 e. The van der Waals surface area contributed by atoms with E-state index in [0.29, 0.717) is 30.5 Å². The number of carbonyl (C=O) groups is 2. The highest BCUT2D eigenvalue weighted by molar-refractivity contribution is 7.98. The van der Waals surface area contributed by atoms with Crippen molar-refractivity contribution in [3.05, 3.63) is 11.3 Å². The lowest BCUT2D eigenvalue weighted by atomic mass is 9.84. The fourth-order valence-electron chi connectivity index (χ4n) is 5.51. The minimum Gasteiger partial charge on any atom is -0.509 e. The first-order valence-electron chi connectivity index (χ1n) is 15.0. The summed E-state index contributed by atoms with van der Waals surface area (Å²) in [7, 11) is 0. The van der Waals surface area contributed by atoms with Crippen LogP contribution in [0.4, 0.5) is 0 Å². The molecule has 0 spiro atoms. The third-order valence-corrected chi connectivity index (χ3v) is 7.98. The number of hydrogen-bond donors (Lipinski definition) is 1. The van der Waals surface area contributed by atoms with Gasteiger partial charge in [-0.15, -0.1) is 0 Å². The van der Waals surface area contributed by atoms with E-state index in [2.05, 4.69) is 60.3 Å². The zero-order chi connectivity index (χ0) is 28.9. The van der Waals surface area contributed by atoms with Crippen LogP contribution >= 0.6 is 11.8 Å². The van der Waals surface area contributed by atoms with E-state index in [1.807, 2.05) is 6.26 Å². The van der Waals surface area contributed by atoms with Crippen molar-refractivity contribution < 1.29 is 14.7 Å². The summed E-state index contributed by atoms with van der Waals surface area (Å²) in [6.07, 6.45) is 9.42. The van der Waals surface area contributed by atoms with Gasteiger partial charge in [-0.05, 0) is 88.4 Å². The van der Waals surface area contributed by atoms with E-state index >= 15 is 0 Å². The van der Waals surface area contributed by atoms with Gasteiger partial charge in [-0.3, -0.25) is 19.5 Å². The second-order valence-electron chi connectivity index (χ2n) is 12.3. The molecular weight excluding hydrogens is 494 g/mol. The summed E-state index contributed by atoms with van der Waals surface area (Å²) in [5, 5.41) is 11.4. The first-order valence-corrected chi connectivity index (χ1v) is 16.4. The van der Waals surface area contributed by atoms with Crippen LogP contribution in [0.15, 0.2) is 16.3 Å². The summed E-state index contributed by atoms with van der Waals surface area (Å²) in [4.78, 5) is 36.1. The normalized spacial score (nSPS) is 18.6. The SMILES string of the molecule is CCCCCC(=NC(C)CCCN(CC)CC)C1=C(O)C(CCSC)N(C(=O)CC(C)CC(C)(C)C)C1=O. The Morgan fingerprint density at radius 2 is 1.79 bits per heavy atom. The lowest BCUT2D eigenvalue weighted by Gasteiger charge is -2.27. The third kappa shape index (κ3) is 11.4. The van der Waals surface area contributed by atoms with Gasteiger partial charge in [-0.25, -0.2) is 0 Å². The molecule has 0 saturated carbocycles. The molecule has 0 radical (unpaired) electrons. The lowest BCUT2D eigenvalue weighted by molar-refractivity contribution is -0.143. The zero-order valence-corrected chi connectivity index (χ0v) is 26.8. The number of amides is 2. The van der Waals surface area contributed by atoms with Crippen molar-refractivity contribution in [1.82, 2.24) is 9.80 Å². The number of thioether (sulfide) groups is 1. The maximum absolute atomic E-state index is 13.8. The molecule has 1 heterocycles. The summed E-state index contributed by atoms with van der Waals surface area (Å²) < 4.78 is 0. The number of aliphatic hydroxyl groups is 1. The van der Waals surface area contributed by atoms with Crippen LogP contribution in [0.3, 0.4) is 0 Å². The van der Waals surface area contributed by atoms with Gasteiger partial charge in [-0.1, -0.05) is 61.3 Å². The Hall–Kier alpha value is -1.34. The average molecular weight is 552 g/mol. The van der Waals surface area contributed by atoms with Crippen molar-refractivity contribution >= 4 is 29.3 Å². The standard InChI is InChI=1S/C31H57N3O3S/c1-10-13-14-17-25(32-24(5)16-15-19-33(11-2)12-3)28-29(36)26(18-20-38-9)34(30(28)37)27(35)21-23(4)22-31(6,7)8/h23-24,26,36H,10-22H2,1-9H3. The minimum absolute atomic E-state index is 0.0477. The maximum atomic E-state index is 13.8. The largest absolute Gasteiger partial charge is 0.509 e. The van der Waals surface area contributed by atoms with Gasteiger partial charge >= 0.3 is 0 Å². The number of nitrogens with zero attached hydrogens (tertiary/aromatic N) is 3. The zero-order valence-electron chi connectivity index (χ0n) is 25.9. The van der Waals surface area contributed by atoms with Gasteiger partial charge in [0.25, 0.3) is 5.91 Å². The van der Waals surface area contributed by atoms with E-state index in [1.165, 1.54) is 4.90 Å². The summed E-state index contributed by atoms with van der Waals surface area (Å²) in [6.45, 7) is 20.3. The topological polar surface area (TPSA) is 73.2 Å². The van der Waals surface area contributed by atoms with Crippen molar-refractivity contribution in [3.8, 4) is 0 Å². The molecule has 1 rings (SSSR count). The number of aliphatic hydroxyl groups excluding tert-OH is 1. The van der Waals surface area contributed by atoms with E-state index in [0.717, 1.165) is 63.9 Å². The Balaban J connectivity index is 3.23. The van der Waals surface area contributed by atoms with Crippen molar-refractivity contribution in [2.45, 2.75) is 125 Å². The summed E-state index contributed by atoms with van der Waals surface area (Å²) in [6, 6.07) is -0.537. The molecule has 220 valence electrons. The first-order chi connectivity index (χ1) is 17.9. The van der Waals surface area contributed by atoms with Crippen molar-refractivity contribution in [2.75, 3.05) is 31.6 Å². The molecule has 0 aromatic rings. The molecule has 3 unspecified atom stereocenters. The van der Waals surface area contributed by atoms with Crippen LogP contribution in [0.25, 0.3) is 0 Å². The Kier molecular flexibility index (Phi) is 15.9. The van der Waals surface area contributed by atoms with Crippen LogP contribution in [0.5, 0.6) is 0 Å². The Bertz CT molecular complexity index is 799. The molecule has 38 heavy (non-hydrogen) atoms. The molecule has 1 aliphatic rings. The van der Waals surface area contributed by atoms with Gasteiger partial charge in [0.05, 0.1) is 11.8 Å². The fourth-order valence-corrected chi connectivity index (χ4v) is 5.96. The molecule has 0 bridgehead atoms. The van der Waals surface area contributed by atoms with Crippen LogP contribution in [0.2, 0.25) is 0 Å². The van der Waals surface area contributed by atoms with Crippen molar-refractivity contribution in [3.63, 3.8) is 0 Å². The molecule has 3 atom stereocenters. The molecular formula is C31H57N3O3S. The Labute approximate surface area is 238 Å². The van der Waals surface area contributed by atoms with Crippen LogP contribution in [-0.2, 0) is 9.59 Å². The summed E-state index contributed by atoms with van der Waals surface area (Å²) in [5.74, 6) is 0.435. The fraction of sp³-hybridized carbons (Fsp3) is 0.839. The number of rotatable bonds is 18. The summed E-state index contributed by atoms with van der Waals surface area (Å²) in [5.41, 5.74) is 1.09. The third-order valence-electron chi connectivity index (χ3n) is 7.34. The quantitative estimate of drug-likeness (QED) is 0.143. The lowest BCUT2D eigenvalue weighted by Crippen LogP contribution is -2.42. The van der Waals surface area contributed by atoms with Gasteiger partial charge in [0.1, 0.15) is 11.3 Å². The smallest absolute Gasteiger partial charge is 0.266 e. The van der Waals surface area contributed by atoms with Gasteiger partial charge in [0.2, 0.25) is 5.91 Å². The Morgan fingerprint density at radius 3 is 2.34 bits per heavy atom. The van der Waals surface area contributed by atoms with E-state index in [4.69, 9.17) is 4.99 Å². The van der Waals surface area contributed by atoms with Crippen LogP contribution < -0.4 is 0 Å². The highest BCUT2D eigenvalue weighted by Crippen LogP contribution is 2.33. The van der Waals surface area contributed by atoms with Gasteiger partial charge < -0.3 is 10.0 Å². The first kappa shape index (κ1) is 34.7. The van der Waals surface area contributed by atoms with Gasteiger partial charge in [0.15, 0.2) is 0 Å². The molecule has 2 amide bonds. The van der Waals surface area contributed by atoms with Gasteiger partial charge in [0, 0.05) is 12.5 Å². The molecule has 0 saturated heterocycles. The second-order valence-corrected chi connectivity index (χ2v) is 13.2. The highest BCUT2D eigenvalue weighted by Gasteiger charge is 2.44. The molecule has 1 N–H and O–H groups in total. The van der Waals surface area contributed by atoms with Gasteiger partial charge in [-0.2, -0.15) is 11.8 Å². The predicted molar refractivity (Wildman–Crippen MR) is 164 cm³/mol. The van der Waals surface area contributed by atoms with E-state index in [-0.39, 0.29) is 34.9 Å². The monoisotopic (exact) mass is 551 g/mol. The molecule has 0 fully saturated rings. The molecule has 1 aliphatic heterocycles. The highest BCUT2D eigenvalue weighted by atomic mass is 32.2. The van der Waals surface area contributed by atoms with Crippen LogP contribution in [-0.4, -0.2) is 76.2 Å². The molecule has 6 nitrogen and oxygen atoms in total. The molecule has 0 aromatic heterocycles. The van der Waals surface area contributed by atoms with E-state index in [1.54, 1.807) is 11.8 Å². The Morgan fingerprint density at radius 1 is 1.13 bits per heavy atom. The second kappa shape index (κ2) is 17.4. The van der Waals surface area contributed by atoms with Crippen molar-refractivity contribution in [1.29, 1.82) is 0 Å². The number of imide groups is 1. The summed E-state index contributed by atoms with van der Waals surface area (Å²) >= 11 is 1.66. The number of carbonyl (C=O) groups excluding carboxylic acids is 2. The number of unbranched alkanes of at least 4 members (excludes halogenated alkanes) is 2. The molecule has 0 aromatic carbocycles.